The lowest BCUT2D eigenvalue weighted by Crippen LogP contribution is -2.53. The number of ether oxygens (including phenoxy) is 5. The highest BCUT2D eigenvalue weighted by Crippen LogP contribution is 2.29. The van der Waals surface area contributed by atoms with Crippen LogP contribution in [0, 0.1) is 5.92 Å². The first-order valence-corrected chi connectivity index (χ1v) is 11.6. The van der Waals surface area contributed by atoms with Crippen molar-refractivity contribution in [3.8, 4) is 0 Å². The normalized spacial score (nSPS) is 23.7. The molecule has 3 rings (SSSR count). The average molecular weight is 453 g/mol. The molecule has 0 N–H and O–H groups in total. The Hall–Kier alpha value is -2.28. The number of hydrogen-bond donors (Lipinski definition) is 0. The second kappa shape index (κ2) is 13.4. The van der Waals surface area contributed by atoms with Gasteiger partial charge in [0.2, 0.25) is 0 Å². The van der Waals surface area contributed by atoms with Crippen molar-refractivity contribution in [2.24, 2.45) is 5.92 Å². The van der Waals surface area contributed by atoms with Gasteiger partial charge in [0.05, 0.1) is 32.5 Å². The van der Waals surface area contributed by atoms with Crippen LogP contribution in [0.1, 0.15) is 31.4 Å². The van der Waals surface area contributed by atoms with E-state index in [2.05, 4.69) is 27.0 Å². The topological polar surface area (TPSA) is 46.2 Å². The van der Waals surface area contributed by atoms with Crippen molar-refractivity contribution in [2.75, 3.05) is 13.2 Å². The summed E-state index contributed by atoms with van der Waals surface area (Å²) in [7, 11) is 0. The second-order valence-electron chi connectivity index (χ2n) is 8.36. The highest BCUT2D eigenvalue weighted by molar-refractivity contribution is 5.14. The average Bonchev–Trinajstić information content (AvgIpc) is 2.86. The van der Waals surface area contributed by atoms with Gasteiger partial charge in [0.25, 0.3) is 0 Å². The van der Waals surface area contributed by atoms with Crippen molar-refractivity contribution in [3.63, 3.8) is 0 Å². The summed E-state index contributed by atoms with van der Waals surface area (Å²) in [4.78, 5) is 0. The molecule has 1 aliphatic rings. The summed E-state index contributed by atoms with van der Waals surface area (Å²) in [5, 5.41) is 0. The van der Waals surface area contributed by atoms with Crippen LogP contribution in [0.25, 0.3) is 0 Å². The lowest BCUT2D eigenvalue weighted by Gasteiger charge is -2.41. The van der Waals surface area contributed by atoms with Gasteiger partial charge in [-0.1, -0.05) is 93.2 Å². The molecule has 1 fully saturated rings. The Kier molecular flexibility index (Phi) is 10.3. The van der Waals surface area contributed by atoms with Gasteiger partial charge >= 0.3 is 0 Å². The van der Waals surface area contributed by atoms with Crippen molar-refractivity contribution >= 4 is 0 Å². The maximum atomic E-state index is 6.36. The molecule has 5 nitrogen and oxygen atoms in total. The number of rotatable bonds is 13. The van der Waals surface area contributed by atoms with Crippen LogP contribution < -0.4 is 0 Å². The predicted molar refractivity (Wildman–Crippen MR) is 129 cm³/mol. The van der Waals surface area contributed by atoms with Crippen LogP contribution in [-0.4, -0.2) is 38.0 Å². The molecular weight excluding hydrogens is 416 g/mol. The van der Waals surface area contributed by atoms with Gasteiger partial charge in [-0.05, 0) is 23.6 Å². The molecule has 1 aliphatic heterocycles. The Morgan fingerprint density at radius 3 is 2.18 bits per heavy atom. The number of benzene rings is 2. The molecule has 33 heavy (non-hydrogen) atoms. The Morgan fingerprint density at radius 2 is 1.61 bits per heavy atom. The fourth-order valence-corrected chi connectivity index (χ4v) is 3.58. The van der Waals surface area contributed by atoms with Crippen LogP contribution in [-0.2, 0) is 36.9 Å². The minimum absolute atomic E-state index is 0.0859. The van der Waals surface area contributed by atoms with E-state index < -0.39 is 18.7 Å². The van der Waals surface area contributed by atoms with Crippen LogP contribution in [0.3, 0.4) is 0 Å². The molecular formula is C28H36O5. The smallest absolute Gasteiger partial charge is 0.186 e. The zero-order chi connectivity index (χ0) is 23.5. The molecule has 0 amide bonds. The third-order valence-corrected chi connectivity index (χ3v) is 5.65. The van der Waals surface area contributed by atoms with E-state index >= 15 is 0 Å². The van der Waals surface area contributed by atoms with E-state index in [4.69, 9.17) is 23.7 Å². The van der Waals surface area contributed by atoms with Gasteiger partial charge in [-0.15, -0.1) is 0 Å². The summed E-state index contributed by atoms with van der Waals surface area (Å²) < 4.78 is 30.9. The van der Waals surface area contributed by atoms with Gasteiger partial charge in [-0.3, -0.25) is 0 Å². The fourth-order valence-electron chi connectivity index (χ4n) is 3.58. The maximum Gasteiger partial charge on any atom is 0.186 e. The highest BCUT2D eigenvalue weighted by atomic mass is 16.7. The molecule has 0 spiro atoms. The van der Waals surface area contributed by atoms with Gasteiger partial charge in [-0.25, -0.2) is 0 Å². The summed E-state index contributed by atoms with van der Waals surface area (Å²) in [6, 6.07) is 20.1. The molecule has 1 saturated heterocycles. The van der Waals surface area contributed by atoms with E-state index in [9.17, 15) is 0 Å². The first-order valence-electron chi connectivity index (χ1n) is 11.6. The van der Waals surface area contributed by atoms with Crippen LogP contribution in [0.15, 0.2) is 85.5 Å². The molecule has 5 heteroatoms. The SMILES string of the molecule is C=C[C@H](OCC(=C)CC)O[C@@H]1[C@@H](OCc2ccccc2)[C@@H](OCc2ccccc2)OC[C@H]1C. The Morgan fingerprint density at radius 1 is 1.00 bits per heavy atom. The van der Waals surface area contributed by atoms with Crippen molar-refractivity contribution in [3.05, 3.63) is 96.6 Å². The van der Waals surface area contributed by atoms with Crippen LogP contribution in [0.4, 0.5) is 0 Å². The quantitative estimate of drug-likeness (QED) is 0.290. The van der Waals surface area contributed by atoms with Crippen molar-refractivity contribution in [1.82, 2.24) is 0 Å². The number of hydrogen-bond acceptors (Lipinski definition) is 5. The molecule has 178 valence electrons. The zero-order valence-electron chi connectivity index (χ0n) is 19.7. The zero-order valence-corrected chi connectivity index (χ0v) is 19.7. The standard InChI is InChI=1S/C28H36O5/c1-5-21(3)17-29-25(6-2)33-26-22(4)18-31-28(32-20-24-15-11-8-12-16-24)27(26)30-19-23-13-9-7-10-14-23/h6-16,22,25-28H,2-3,5,17-20H2,1,4H3/t22-,25-,26+,27-,28-/m1/s1. The Bertz CT molecular complexity index is 838. The van der Waals surface area contributed by atoms with E-state index in [1.54, 1.807) is 6.08 Å². The van der Waals surface area contributed by atoms with Gasteiger partial charge in [-0.2, -0.15) is 0 Å². The molecule has 0 radical (unpaired) electrons. The lowest BCUT2D eigenvalue weighted by molar-refractivity contribution is -0.300. The molecule has 0 unspecified atom stereocenters. The predicted octanol–water partition coefficient (Wildman–Crippen LogP) is 5.66. The summed E-state index contributed by atoms with van der Waals surface area (Å²) in [6.07, 6.45) is 0.663. The Labute approximate surface area is 198 Å². The Balaban J connectivity index is 1.72. The lowest BCUT2D eigenvalue weighted by atomic mass is 9.96. The largest absolute Gasteiger partial charge is 0.365 e. The molecule has 0 saturated carbocycles. The first-order chi connectivity index (χ1) is 16.1. The van der Waals surface area contributed by atoms with Crippen molar-refractivity contribution < 1.29 is 23.7 Å². The summed E-state index contributed by atoms with van der Waals surface area (Å²) in [5.74, 6) is 0.0859. The first kappa shape index (κ1) is 25.3. The van der Waals surface area contributed by atoms with E-state index in [0.29, 0.717) is 26.4 Å². The fraction of sp³-hybridized carbons (Fsp3) is 0.429. The maximum absolute atomic E-state index is 6.36. The van der Waals surface area contributed by atoms with Gasteiger partial charge in [0, 0.05) is 5.92 Å². The van der Waals surface area contributed by atoms with E-state index in [1.807, 2.05) is 60.7 Å². The molecule has 2 aromatic rings. The molecule has 0 bridgehead atoms. The van der Waals surface area contributed by atoms with E-state index in [0.717, 1.165) is 23.1 Å². The molecule has 2 aromatic carbocycles. The van der Waals surface area contributed by atoms with Crippen LogP contribution >= 0.6 is 0 Å². The minimum atomic E-state index is -0.573. The van der Waals surface area contributed by atoms with E-state index in [1.165, 1.54) is 0 Å². The van der Waals surface area contributed by atoms with Gasteiger partial charge in [0.1, 0.15) is 6.10 Å². The van der Waals surface area contributed by atoms with Crippen molar-refractivity contribution in [2.45, 2.75) is 58.3 Å². The molecule has 1 heterocycles. The monoisotopic (exact) mass is 452 g/mol. The van der Waals surface area contributed by atoms with Crippen LogP contribution in [0.5, 0.6) is 0 Å². The van der Waals surface area contributed by atoms with Crippen molar-refractivity contribution in [1.29, 1.82) is 0 Å². The molecule has 0 aromatic heterocycles. The minimum Gasteiger partial charge on any atom is -0.365 e. The second-order valence-corrected chi connectivity index (χ2v) is 8.36. The third-order valence-electron chi connectivity index (χ3n) is 5.65. The molecule has 5 atom stereocenters. The summed E-state index contributed by atoms with van der Waals surface area (Å²) in [5.41, 5.74) is 3.16. The summed E-state index contributed by atoms with van der Waals surface area (Å²) >= 11 is 0. The summed E-state index contributed by atoms with van der Waals surface area (Å²) in [6.45, 7) is 13.8. The third kappa shape index (κ3) is 7.91. The highest BCUT2D eigenvalue weighted by Gasteiger charge is 2.42. The van der Waals surface area contributed by atoms with Gasteiger partial charge in [0.15, 0.2) is 12.6 Å². The van der Waals surface area contributed by atoms with E-state index in [-0.39, 0.29) is 12.0 Å². The molecule has 0 aliphatic carbocycles. The van der Waals surface area contributed by atoms with Gasteiger partial charge < -0.3 is 23.7 Å². The van der Waals surface area contributed by atoms with Crippen LogP contribution in [0.2, 0.25) is 0 Å².